The van der Waals surface area contributed by atoms with Crippen LogP contribution in [0.5, 0.6) is 0 Å². The van der Waals surface area contributed by atoms with Crippen LogP contribution in [0, 0.1) is 0 Å². The number of ether oxygens (including phenoxy) is 1. The van der Waals surface area contributed by atoms with Gasteiger partial charge in [-0.15, -0.1) is 0 Å². The first-order valence-corrected chi connectivity index (χ1v) is 8.63. The second kappa shape index (κ2) is 6.75. The number of benzene rings is 2. The fourth-order valence-electron chi connectivity index (χ4n) is 3.31. The molecule has 0 bridgehead atoms. The van der Waals surface area contributed by atoms with Gasteiger partial charge in [-0.3, -0.25) is 0 Å². The zero-order valence-corrected chi connectivity index (χ0v) is 15.4. The van der Waals surface area contributed by atoms with Crippen molar-refractivity contribution in [3.05, 3.63) is 59.7 Å². The van der Waals surface area contributed by atoms with Crippen molar-refractivity contribution in [1.29, 1.82) is 0 Å². The predicted octanol–water partition coefficient (Wildman–Crippen LogP) is 4.66. The largest absolute Gasteiger partial charge is 0.466 e. The molecule has 0 N–H and O–H groups in total. The van der Waals surface area contributed by atoms with E-state index in [-0.39, 0.29) is 11.4 Å². The number of carbonyl (C=O) groups excluding carboxylic acids is 1. The highest BCUT2D eigenvalue weighted by Gasteiger charge is 2.29. The number of nitrogens with zero attached hydrogens (tertiary/aromatic N) is 1. The number of esters is 1. The molecule has 2 aromatic rings. The van der Waals surface area contributed by atoms with E-state index in [2.05, 4.69) is 60.9 Å². The van der Waals surface area contributed by atoms with Gasteiger partial charge in [0.15, 0.2) is 0 Å². The molecule has 25 heavy (non-hydrogen) atoms. The summed E-state index contributed by atoms with van der Waals surface area (Å²) < 4.78 is 4.62. The third kappa shape index (κ3) is 3.60. The average Bonchev–Trinajstić information content (AvgIpc) is 2.63. The molecule has 0 saturated heterocycles. The standard InChI is InChI=1S/C22H25NO2/c1-22(2)13-14-23(3)20-11-10-18(15-19(20)22)17-8-5-16(6-9-17)7-12-21(24)25-4/h5-12,15H,13-14H2,1-4H3/b12-7+. The molecule has 3 nitrogen and oxygen atoms in total. The monoisotopic (exact) mass is 335 g/mol. The number of carbonyl (C=O) groups is 1. The number of hydrogen-bond donors (Lipinski definition) is 0. The van der Waals surface area contributed by atoms with E-state index in [1.807, 2.05) is 12.1 Å². The van der Waals surface area contributed by atoms with Crippen LogP contribution in [0.3, 0.4) is 0 Å². The molecule has 0 atom stereocenters. The molecule has 1 heterocycles. The zero-order chi connectivity index (χ0) is 18.0. The number of fused-ring (bicyclic) bond motifs is 1. The van der Waals surface area contributed by atoms with Gasteiger partial charge in [-0.25, -0.2) is 4.79 Å². The fraction of sp³-hybridized carbons (Fsp3) is 0.318. The molecule has 1 aliphatic heterocycles. The van der Waals surface area contributed by atoms with Crippen molar-refractivity contribution < 1.29 is 9.53 Å². The van der Waals surface area contributed by atoms with Gasteiger partial charge in [-0.2, -0.15) is 0 Å². The summed E-state index contributed by atoms with van der Waals surface area (Å²) in [6, 6.07) is 15.0. The third-order valence-corrected chi connectivity index (χ3v) is 5.07. The Morgan fingerprint density at radius 3 is 2.48 bits per heavy atom. The summed E-state index contributed by atoms with van der Waals surface area (Å²) in [6.45, 7) is 5.74. The van der Waals surface area contributed by atoms with Gasteiger partial charge in [0.05, 0.1) is 7.11 Å². The maximum Gasteiger partial charge on any atom is 0.330 e. The molecule has 0 spiro atoms. The minimum absolute atomic E-state index is 0.195. The average molecular weight is 335 g/mol. The Balaban J connectivity index is 1.90. The van der Waals surface area contributed by atoms with E-state index in [1.165, 1.54) is 35.6 Å². The molecular weight excluding hydrogens is 310 g/mol. The summed E-state index contributed by atoms with van der Waals surface area (Å²) in [6.07, 6.45) is 4.37. The zero-order valence-electron chi connectivity index (χ0n) is 15.4. The highest BCUT2D eigenvalue weighted by Crippen LogP contribution is 2.41. The molecule has 0 amide bonds. The number of methoxy groups -OCH3 is 1. The molecule has 0 fully saturated rings. The highest BCUT2D eigenvalue weighted by molar-refractivity contribution is 5.87. The van der Waals surface area contributed by atoms with Crippen molar-refractivity contribution >= 4 is 17.7 Å². The second-order valence-electron chi connectivity index (χ2n) is 7.27. The van der Waals surface area contributed by atoms with Crippen LogP contribution in [0.15, 0.2) is 48.5 Å². The smallest absolute Gasteiger partial charge is 0.330 e. The molecule has 0 unspecified atom stereocenters. The lowest BCUT2D eigenvalue weighted by molar-refractivity contribution is -0.134. The summed E-state index contributed by atoms with van der Waals surface area (Å²) in [5.74, 6) is -0.342. The third-order valence-electron chi connectivity index (χ3n) is 5.07. The highest BCUT2D eigenvalue weighted by atomic mass is 16.5. The Labute approximate surface area is 149 Å². The summed E-state index contributed by atoms with van der Waals surface area (Å²) in [5, 5.41) is 0. The lowest BCUT2D eigenvalue weighted by Crippen LogP contribution is -2.34. The molecular formula is C22H25NO2. The molecule has 0 aliphatic carbocycles. The molecule has 130 valence electrons. The van der Waals surface area contributed by atoms with Crippen LogP contribution >= 0.6 is 0 Å². The molecule has 3 rings (SSSR count). The second-order valence-corrected chi connectivity index (χ2v) is 7.27. The van der Waals surface area contributed by atoms with Crippen molar-refractivity contribution in [2.45, 2.75) is 25.7 Å². The van der Waals surface area contributed by atoms with Crippen molar-refractivity contribution in [3.8, 4) is 11.1 Å². The van der Waals surface area contributed by atoms with Gasteiger partial charge in [0, 0.05) is 25.4 Å². The fourth-order valence-corrected chi connectivity index (χ4v) is 3.31. The summed E-state index contributed by atoms with van der Waals surface area (Å²) >= 11 is 0. The van der Waals surface area contributed by atoms with Gasteiger partial charge in [0.1, 0.15) is 0 Å². The van der Waals surface area contributed by atoms with Gasteiger partial charge in [0.25, 0.3) is 0 Å². The normalized spacial score (nSPS) is 15.9. The van der Waals surface area contributed by atoms with Crippen LogP contribution in [-0.4, -0.2) is 26.7 Å². The van der Waals surface area contributed by atoms with E-state index in [4.69, 9.17) is 0 Å². The minimum Gasteiger partial charge on any atom is -0.466 e. The molecule has 2 aromatic carbocycles. The first-order valence-electron chi connectivity index (χ1n) is 8.63. The Hall–Kier alpha value is -2.55. The van der Waals surface area contributed by atoms with Crippen LogP contribution in [-0.2, 0) is 14.9 Å². The molecule has 0 radical (unpaired) electrons. The van der Waals surface area contributed by atoms with Gasteiger partial charge >= 0.3 is 5.97 Å². The lowest BCUT2D eigenvalue weighted by Gasteiger charge is -2.38. The Morgan fingerprint density at radius 2 is 1.80 bits per heavy atom. The van der Waals surface area contributed by atoms with Crippen molar-refractivity contribution in [3.63, 3.8) is 0 Å². The van der Waals surface area contributed by atoms with Crippen molar-refractivity contribution in [2.75, 3.05) is 25.6 Å². The molecule has 0 saturated carbocycles. The summed E-state index contributed by atoms with van der Waals surface area (Å²) in [5.41, 5.74) is 6.33. The first kappa shape index (κ1) is 17.3. The maximum atomic E-state index is 11.2. The molecule has 0 aromatic heterocycles. The van der Waals surface area contributed by atoms with Gasteiger partial charge in [-0.05, 0) is 52.3 Å². The van der Waals surface area contributed by atoms with Crippen LogP contribution in [0.4, 0.5) is 5.69 Å². The van der Waals surface area contributed by atoms with E-state index in [9.17, 15) is 4.79 Å². The number of hydrogen-bond acceptors (Lipinski definition) is 3. The topological polar surface area (TPSA) is 29.5 Å². The van der Waals surface area contributed by atoms with Crippen molar-refractivity contribution in [1.82, 2.24) is 0 Å². The lowest BCUT2D eigenvalue weighted by atomic mass is 9.77. The number of rotatable bonds is 3. The van der Waals surface area contributed by atoms with Crippen LogP contribution in [0.1, 0.15) is 31.4 Å². The van der Waals surface area contributed by atoms with Gasteiger partial charge < -0.3 is 9.64 Å². The van der Waals surface area contributed by atoms with Gasteiger partial charge in [-0.1, -0.05) is 44.2 Å². The Kier molecular flexibility index (Phi) is 4.67. The van der Waals surface area contributed by atoms with Crippen molar-refractivity contribution in [2.24, 2.45) is 0 Å². The van der Waals surface area contributed by atoms with E-state index >= 15 is 0 Å². The summed E-state index contributed by atoms with van der Waals surface area (Å²) in [7, 11) is 3.54. The van der Waals surface area contributed by atoms with Crippen LogP contribution in [0.2, 0.25) is 0 Å². The van der Waals surface area contributed by atoms with E-state index < -0.39 is 0 Å². The summed E-state index contributed by atoms with van der Waals surface area (Å²) in [4.78, 5) is 13.5. The van der Waals surface area contributed by atoms with Crippen LogP contribution in [0.25, 0.3) is 17.2 Å². The van der Waals surface area contributed by atoms with Gasteiger partial charge in [0.2, 0.25) is 0 Å². The quantitative estimate of drug-likeness (QED) is 0.604. The SMILES string of the molecule is COC(=O)/C=C/c1ccc(-c2ccc3c(c2)C(C)(C)CCN3C)cc1. The maximum absolute atomic E-state index is 11.2. The number of anilines is 1. The Bertz CT molecular complexity index is 803. The Morgan fingerprint density at radius 1 is 1.12 bits per heavy atom. The first-order chi connectivity index (χ1) is 11.9. The van der Waals surface area contributed by atoms with E-state index in [0.29, 0.717) is 0 Å². The van der Waals surface area contributed by atoms with Crippen LogP contribution < -0.4 is 4.90 Å². The molecule has 3 heteroatoms. The van der Waals surface area contributed by atoms with E-state index in [0.717, 1.165) is 18.5 Å². The minimum atomic E-state index is -0.342. The predicted molar refractivity (Wildman–Crippen MR) is 104 cm³/mol. The molecule has 1 aliphatic rings. The van der Waals surface area contributed by atoms with E-state index in [1.54, 1.807) is 6.08 Å².